The van der Waals surface area contributed by atoms with Crippen molar-refractivity contribution in [3.63, 3.8) is 0 Å². The predicted octanol–water partition coefficient (Wildman–Crippen LogP) is 0.721. The molecule has 0 spiro atoms. The number of hydrogen-bond acceptors (Lipinski definition) is 1. The van der Waals surface area contributed by atoms with Crippen LogP contribution in [0, 0.1) is 12.2 Å². The van der Waals surface area contributed by atoms with Gasteiger partial charge in [0.05, 0.1) is 0 Å². The molecule has 1 heterocycles. The molecule has 1 aromatic rings. The standard InChI is InChI=1S/C12H17O.Li/c1-8(2)10-5-4-9(3)11-6-7-13-12(10)11;/h6,8-10H,4-5H2,1-3H3;/q-1;+1/t9-,10+;/m1./s1. The fourth-order valence-electron chi connectivity index (χ4n) is 2.31. The maximum Gasteiger partial charge on any atom is 1.00 e. The maximum atomic E-state index is 5.48. The van der Waals surface area contributed by atoms with Crippen LogP contribution in [0.4, 0.5) is 0 Å². The first-order chi connectivity index (χ1) is 6.20. The van der Waals surface area contributed by atoms with Crippen LogP contribution in [-0.2, 0) is 0 Å². The zero-order chi connectivity index (χ0) is 9.42. The predicted molar refractivity (Wildman–Crippen MR) is 52.8 cm³/mol. The summed E-state index contributed by atoms with van der Waals surface area (Å²) >= 11 is 0. The van der Waals surface area contributed by atoms with Gasteiger partial charge in [0.1, 0.15) is 0 Å². The van der Waals surface area contributed by atoms with Crippen LogP contribution >= 0.6 is 0 Å². The van der Waals surface area contributed by atoms with Crippen LogP contribution in [0.2, 0.25) is 0 Å². The largest absolute Gasteiger partial charge is 1.00 e. The molecular formula is C12H17LiO. The van der Waals surface area contributed by atoms with Gasteiger partial charge in [-0.05, 0) is 23.9 Å². The van der Waals surface area contributed by atoms with E-state index in [-0.39, 0.29) is 18.9 Å². The summed E-state index contributed by atoms with van der Waals surface area (Å²) in [6, 6.07) is 2.02. The molecule has 1 nitrogen and oxygen atoms in total. The van der Waals surface area contributed by atoms with E-state index in [1.165, 1.54) is 24.2 Å². The second-order valence-electron chi connectivity index (χ2n) is 4.51. The van der Waals surface area contributed by atoms with Crippen LogP contribution < -0.4 is 18.9 Å². The van der Waals surface area contributed by atoms with E-state index in [0.717, 1.165) is 0 Å². The number of hydrogen-bond donors (Lipinski definition) is 0. The van der Waals surface area contributed by atoms with E-state index in [0.29, 0.717) is 17.8 Å². The SMILES string of the molecule is CC(C)[C@@H]1CC[C@@H](C)c2c[c-]oc21.[Li+]. The second kappa shape index (κ2) is 4.60. The Kier molecular flexibility index (Phi) is 3.92. The molecule has 0 unspecified atom stereocenters. The molecule has 0 N–H and O–H groups in total. The summed E-state index contributed by atoms with van der Waals surface area (Å²) in [7, 11) is 0. The molecule has 0 aromatic carbocycles. The molecule has 72 valence electrons. The zero-order valence-corrected chi connectivity index (χ0v) is 9.63. The molecule has 2 rings (SSSR count). The Balaban J connectivity index is 0.000000980. The third-order valence-corrected chi connectivity index (χ3v) is 3.25. The van der Waals surface area contributed by atoms with Gasteiger partial charge in [0.2, 0.25) is 0 Å². The first-order valence-electron chi connectivity index (χ1n) is 5.19. The molecule has 2 atom stereocenters. The fraction of sp³-hybridized carbons (Fsp3) is 0.667. The van der Waals surface area contributed by atoms with Crippen molar-refractivity contribution in [3.8, 4) is 0 Å². The monoisotopic (exact) mass is 184 g/mol. The van der Waals surface area contributed by atoms with Gasteiger partial charge in [0.15, 0.2) is 0 Å². The Morgan fingerprint density at radius 2 is 2.14 bits per heavy atom. The van der Waals surface area contributed by atoms with Gasteiger partial charge in [-0.2, -0.15) is 5.56 Å². The molecule has 0 saturated heterocycles. The molecule has 0 amide bonds. The smallest absolute Gasteiger partial charge is 0.595 e. The van der Waals surface area contributed by atoms with Crippen LogP contribution in [0.3, 0.4) is 0 Å². The summed E-state index contributed by atoms with van der Waals surface area (Å²) in [6.07, 6.45) is 5.45. The van der Waals surface area contributed by atoms with Crippen molar-refractivity contribution >= 4 is 0 Å². The molecule has 0 aliphatic heterocycles. The Hall–Kier alpha value is -0.123. The van der Waals surface area contributed by atoms with Crippen molar-refractivity contribution in [2.75, 3.05) is 0 Å². The first kappa shape index (κ1) is 11.9. The van der Waals surface area contributed by atoms with Crippen LogP contribution in [0.15, 0.2) is 10.5 Å². The van der Waals surface area contributed by atoms with Crippen molar-refractivity contribution in [1.29, 1.82) is 0 Å². The Morgan fingerprint density at radius 1 is 1.43 bits per heavy atom. The van der Waals surface area contributed by atoms with Gasteiger partial charge in [-0.3, -0.25) is 0 Å². The van der Waals surface area contributed by atoms with Gasteiger partial charge in [-0.15, -0.1) is 6.07 Å². The van der Waals surface area contributed by atoms with E-state index in [2.05, 4.69) is 27.0 Å². The summed E-state index contributed by atoms with van der Waals surface area (Å²) in [4.78, 5) is 0. The van der Waals surface area contributed by atoms with Gasteiger partial charge in [-0.1, -0.05) is 39.5 Å². The van der Waals surface area contributed by atoms with Crippen LogP contribution in [0.25, 0.3) is 0 Å². The molecule has 0 saturated carbocycles. The van der Waals surface area contributed by atoms with Gasteiger partial charge in [-0.25, -0.2) is 0 Å². The molecule has 2 heteroatoms. The minimum Gasteiger partial charge on any atom is -0.595 e. The number of fused-ring (bicyclic) bond motifs is 1. The van der Waals surface area contributed by atoms with E-state index >= 15 is 0 Å². The van der Waals surface area contributed by atoms with Crippen LogP contribution in [0.5, 0.6) is 0 Å². The van der Waals surface area contributed by atoms with Gasteiger partial charge >= 0.3 is 18.9 Å². The summed E-state index contributed by atoms with van der Waals surface area (Å²) in [5.74, 6) is 3.18. The molecule has 1 aromatic heterocycles. The van der Waals surface area contributed by atoms with Crippen molar-refractivity contribution in [1.82, 2.24) is 0 Å². The Labute approximate surface area is 98.4 Å². The fourth-order valence-corrected chi connectivity index (χ4v) is 2.31. The molecule has 0 radical (unpaired) electrons. The summed E-state index contributed by atoms with van der Waals surface area (Å²) in [6.45, 7) is 6.82. The Morgan fingerprint density at radius 3 is 2.79 bits per heavy atom. The maximum absolute atomic E-state index is 5.48. The molecular weight excluding hydrogens is 167 g/mol. The van der Waals surface area contributed by atoms with Crippen LogP contribution in [-0.4, -0.2) is 0 Å². The second-order valence-corrected chi connectivity index (χ2v) is 4.51. The molecule has 0 fully saturated rings. The van der Waals surface area contributed by atoms with Crippen molar-refractivity contribution in [2.24, 2.45) is 5.92 Å². The first-order valence-corrected chi connectivity index (χ1v) is 5.19. The molecule has 1 aliphatic rings. The van der Waals surface area contributed by atoms with Gasteiger partial charge < -0.3 is 4.42 Å². The topological polar surface area (TPSA) is 13.1 Å². The third-order valence-electron chi connectivity index (χ3n) is 3.25. The quantitative estimate of drug-likeness (QED) is 0.463. The van der Waals surface area contributed by atoms with Crippen molar-refractivity contribution in [3.05, 3.63) is 23.7 Å². The van der Waals surface area contributed by atoms with E-state index in [4.69, 9.17) is 4.42 Å². The Bertz CT molecular complexity index is 290. The normalized spacial score (nSPS) is 25.7. The summed E-state index contributed by atoms with van der Waals surface area (Å²) < 4.78 is 5.48. The van der Waals surface area contributed by atoms with Crippen LogP contribution in [0.1, 0.15) is 56.8 Å². The van der Waals surface area contributed by atoms with E-state index in [1.807, 2.05) is 6.07 Å². The zero-order valence-electron chi connectivity index (χ0n) is 9.63. The molecule has 14 heavy (non-hydrogen) atoms. The average molecular weight is 184 g/mol. The van der Waals surface area contributed by atoms with E-state index in [1.54, 1.807) is 0 Å². The summed E-state index contributed by atoms with van der Waals surface area (Å²) in [5.41, 5.74) is 1.39. The number of rotatable bonds is 1. The van der Waals surface area contributed by atoms with E-state index < -0.39 is 0 Å². The molecule has 0 bridgehead atoms. The minimum absolute atomic E-state index is 0. The number of furan rings is 1. The van der Waals surface area contributed by atoms with Crippen molar-refractivity contribution in [2.45, 2.75) is 45.4 Å². The third kappa shape index (κ3) is 1.95. The summed E-state index contributed by atoms with van der Waals surface area (Å²) in [5, 5.41) is 0. The molecule has 1 aliphatic carbocycles. The average Bonchev–Trinajstić information content (AvgIpc) is 2.53. The minimum atomic E-state index is 0. The van der Waals surface area contributed by atoms with Crippen molar-refractivity contribution < 1.29 is 23.3 Å². The van der Waals surface area contributed by atoms with Gasteiger partial charge in [0, 0.05) is 0 Å². The van der Waals surface area contributed by atoms with Gasteiger partial charge in [0.25, 0.3) is 0 Å². The van der Waals surface area contributed by atoms with E-state index in [9.17, 15) is 0 Å².